The minimum absolute atomic E-state index is 0. The number of hydrogen-bond donors (Lipinski definition) is 1. The number of guanidine groups is 1. The second-order valence-corrected chi connectivity index (χ2v) is 5.32. The number of carbonyl (C=O) groups is 1. The van der Waals surface area contributed by atoms with E-state index in [1.807, 2.05) is 13.0 Å². The van der Waals surface area contributed by atoms with E-state index >= 15 is 0 Å². The molecule has 0 aliphatic carbocycles. The van der Waals surface area contributed by atoms with Gasteiger partial charge in [-0.3, -0.25) is 9.79 Å². The van der Waals surface area contributed by atoms with Crippen molar-refractivity contribution >= 4 is 35.9 Å². The lowest BCUT2D eigenvalue weighted by Crippen LogP contribution is -2.46. The summed E-state index contributed by atoms with van der Waals surface area (Å²) < 4.78 is 10.1. The summed E-state index contributed by atoms with van der Waals surface area (Å²) >= 11 is 0. The maximum atomic E-state index is 11.5. The molecule has 0 radical (unpaired) electrons. The lowest BCUT2D eigenvalue weighted by Gasteiger charge is -2.33. The van der Waals surface area contributed by atoms with E-state index < -0.39 is 0 Å². The second kappa shape index (κ2) is 9.74. The van der Waals surface area contributed by atoms with Gasteiger partial charge in [0.1, 0.15) is 0 Å². The highest BCUT2D eigenvalue weighted by Gasteiger charge is 2.26. The van der Waals surface area contributed by atoms with Gasteiger partial charge in [0.15, 0.2) is 11.7 Å². The SMILES string of the molecule is CCc1cc(CNC(=NC)N2CCC(C(=O)OC)CC2)on1.I. The summed E-state index contributed by atoms with van der Waals surface area (Å²) in [5.74, 6) is 1.50. The zero-order chi connectivity index (χ0) is 15.9. The van der Waals surface area contributed by atoms with Crippen LogP contribution in [-0.2, 0) is 22.5 Å². The number of rotatable bonds is 4. The molecule has 130 valence electrons. The van der Waals surface area contributed by atoms with Crippen LogP contribution in [-0.4, -0.2) is 49.2 Å². The van der Waals surface area contributed by atoms with Crippen LogP contribution in [0.2, 0.25) is 0 Å². The van der Waals surface area contributed by atoms with Gasteiger partial charge in [-0.2, -0.15) is 0 Å². The molecule has 8 heteroatoms. The van der Waals surface area contributed by atoms with Gasteiger partial charge in [0.25, 0.3) is 0 Å². The third-order valence-corrected chi connectivity index (χ3v) is 3.93. The Morgan fingerprint density at radius 3 is 2.74 bits per heavy atom. The second-order valence-electron chi connectivity index (χ2n) is 5.32. The number of ether oxygens (including phenoxy) is 1. The quantitative estimate of drug-likeness (QED) is 0.336. The molecule has 0 atom stereocenters. The average molecular weight is 436 g/mol. The highest BCUT2D eigenvalue weighted by atomic mass is 127. The van der Waals surface area contributed by atoms with Gasteiger partial charge < -0.3 is 19.5 Å². The van der Waals surface area contributed by atoms with Crippen LogP contribution < -0.4 is 5.32 Å². The Morgan fingerprint density at radius 1 is 1.52 bits per heavy atom. The molecule has 0 spiro atoms. The maximum Gasteiger partial charge on any atom is 0.308 e. The van der Waals surface area contributed by atoms with E-state index in [4.69, 9.17) is 9.26 Å². The number of hydrogen-bond acceptors (Lipinski definition) is 5. The van der Waals surface area contributed by atoms with Gasteiger partial charge in [-0.25, -0.2) is 0 Å². The molecule has 2 rings (SSSR count). The third kappa shape index (κ3) is 5.36. The van der Waals surface area contributed by atoms with Crippen LogP contribution in [0, 0.1) is 5.92 Å². The molecule has 1 aliphatic heterocycles. The molecule has 0 bridgehead atoms. The summed E-state index contributed by atoms with van der Waals surface area (Å²) in [6, 6.07) is 1.95. The van der Waals surface area contributed by atoms with E-state index in [9.17, 15) is 4.79 Å². The average Bonchev–Trinajstić information content (AvgIpc) is 3.03. The van der Waals surface area contributed by atoms with Crippen molar-refractivity contribution in [3.63, 3.8) is 0 Å². The van der Waals surface area contributed by atoms with Gasteiger partial charge in [0.2, 0.25) is 0 Å². The van der Waals surface area contributed by atoms with Crippen molar-refractivity contribution in [3.8, 4) is 0 Å². The van der Waals surface area contributed by atoms with Crippen LogP contribution >= 0.6 is 24.0 Å². The number of nitrogens with one attached hydrogen (secondary N) is 1. The smallest absolute Gasteiger partial charge is 0.308 e. The highest BCUT2D eigenvalue weighted by Crippen LogP contribution is 2.18. The molecule has 2 heterocycles. The number of piperidine rings is 1. The molecule has 1 aliphatic rings. The normalized spacial score (nSPS) is 16.0. The van der Waals surface area contributed by atoms with E-state index in [0.29, 0.717) is 6.54 Å². The Bertz CT molecular complexity index is 525. The monoisotopic (exact) mass is 436 g/mol. The Kier molecular flexibility index (Phi) is 8.35. The zero-order valence-corrected chi connectivity index (χ0v) is 16.2. The maximum absolute atomic E-state index is 11.5. The van der Waals surface area contributed by atoms with Crippen molar-refractivity contribution in [2.24, 2.45) is 10.9 Å². The molecule has 1 aromatic rings. The van der Waals surface area contributed by atoms with Gasteiger partial charge in [-0.05, 0) is 19.3 Å². The first-order valence-corrected chi connectivity index (χ1v) is 7.65. The van der Waals surface area contributed by atoms with Crippen molar-refractivity contribution < 1.29 is 14.1 Å². The van der Waals surface area contributed by atoms with Crippen LogP contribution in [0.15, 0.2) is 15.6 Å². The minimum Gasteiger partial charge on any atom is -0.469 e. The first kappa shape index (κ1) is 19.7. The lowest BCUT2D eigenvalue weighted by molar-refractivity contribution is -0.146. The zero-order valence-electron chi connectivity index (χ0n) is 13.9. The summed E-state index contributed by atoms with van der Waals surface area (Å²) in [4.78, 5) is 18.0. The standard InChI is InChI=1S/C15H24N4O3.HI/c1-4-12-9-13(22-18-12)10-17-15(16-2)19-7-5-11(6-8-19)14(20)21-3;/h9,11H,4-8,10H2,1-3H3,(H,16,17);1H. The number of aryl methyl sites for hydroxylation is 1. The summed E-state index contributed by atoms with van der Waals surface area (Å²) in [6.07, 6.45) is 2.44. The van der Waals surface area contributed by atoms with E-state index in [2.05, 4.69) is 20.4 Å². The summed E-state index contributed by atoms with van der Waals surface area (Å²) in [5, 5.41) is 7.25. The number of carbonyl (C=O) groups excluding carboxylic acids is 1. The lowest BCUT2D eigenvalue weighted by atomic mass is 9.97. The minimum atomic E-state index is -0.114. The molecular weight excluding hydrogens is 411 g/mol. The number of halogens is 1. The van der Waals surface area contributed by atoms with Crippen LogP contribution in [0.4, 0.5) is 0 Å². The fourth-order valence-corrected chi connectivity index (χ4v) is 2.60. The number of aromatic nitrogens is 1. The number of esters is 1. The van der Waals surface area contributed by atoms with Crippen LogP contribution in [0.5, 0.6) is 0 Å². The van der Waals surface area contributed by atoms with Gasteiger partial charge in [-0.15, -0.1) is 24.0 Å². The molecule has 1 saturated heterocycles. The molecule has 23 heavy (non-hydrogen) atoms. The summed E-state index contributed by atoms with van der Waals surface area (Å²) in [5.41, 5.74) is 0.950. The topological polar surface area (TPSA) is 80.0 Å². The van der Waals surface area contributed by atoms with Gasteiger partial charge in [0, 0.05) is 26.2 Å². The van der Waals surface area contributed by atoms with Crippen molar-refractivity contribution in [3.05, 3.63) is 17.5 Å². The van der Waals surface area contributed by atoms with E-state index in [1.54, 1.807) is 7.05 Å². The van der Waals surface area contributed by atoms with E-state index in [1.165, 1.54) is 7.11 Å². The Hall–Kier alpha value is -1.32. The van der Waals surface area contributed by atoms with Crippen LogP contribution in [0.25, 0.3) is 0 Å². The van der Waals surface area contributed by atoms with E-state index in [0.717, 1.165) is 49.8 Å². The number of likely N-dealkylation sites (tertiary alicyclic amines) is 1. The molecule has 0 unspecified atom stereocenters. The van der Waals surface area contributed by atoms with Crippen LogP contribution in [0.3, 0.4) is 0 Å². The molecule has 0 saturated carbocycles. The van der Waals surface area contributed by atoms with Gasteiger partial charge >= 0.3 is 5.97 Å². The van der Waals surface area contributed by atoms with Crippen molar-refractivity contribution in [2.75, 3.05) is 27.2 Å². The van der Waals surface area contributed by atoms with E-state index in [-0.39, 0.29) is 35.9 Å². The van der Waals surface area contributed by atoms with Crippen molar-refractivity contribution in [1.29, 1.82) is 0 Å². The molecule has 0 aromatic carbocycles. The Balaban J connectivity index is 0.00000264. The predicted molar refractivity (Wildman–Crippen MR) is 97.8 cm³/mol. The molecular formula is C15H25IN4O3. The van der Waals surface area contributed by atoms with Crippen molar-refractivity contribution in [2.45, 2.75) is 32.7 Å². The molecule has 0 amide bonds. The largest absolute Gasteiger partial charge is 0.469 e. The van der Waals surface area contributed by atoms with Crippen molar-refractivity contribution in [1.82, 2.24) is 15.4 Å². The number of aliphatic imine (C=N–C) groups is 1. The van der Waals surface area contributed by atoms with Crippen LogP contribution in [0.1, 0.15) is 31.2 Å². The van der Waals surface area contributed by atoms with Gasteiger partial charge in [0.05, 0.1) is 25.3 Å². The molecule has 1 N–H and O–H groups in total. The predicted octanol–water partition coefficient (Wildman–Crippen LogP) is 1.82. The summed E-state index contributed by atoms with van der Waals surface area (Å²) in [7, 11) is 3.20. The highest BCUT2D eigenvalue weighted by molar-refractivity contribution is 14.0. The third-order valence-electron chi connectivity index (χ3n) is 3.93. The molecule has 1 aromatic heterocycles. The fourth-order valence-electron chi connectivity index (χ4n) is 2.60. The van der Waals surface area contributed by atoms with Gasteiger partial charge in [-0.1, -0.05) is 12.1 Å². The first-order chi connectivity index (χ1) is 10.7. The summed E-state index contributed by atoms with van der Waals surface area (Å²) in [6.45, 7) is 4.17. The number of nitrogens with zero attached hydrogens (tertiary/aromatic N) is 3. The molecule has 7 nitrogen and oxygen atoms in total. The Labute approximate surface area is 153 Å². The number of methoxy groups -OCH3 is 1. The molecule has 1 fully saturated rings. The Morgan fingerprint density at radius 2 is 2.22 bits per heavy atom. The fraction of sp³-hybridized carbons (Fsp3) is 0.667. The first-order valence-electron chi connectivity index (χ1n) is 7.65.